The molecule has 4 rings (SSSR count). The molecule has 4 nitrogen and oxygen atoms in total. The van der Waals surface area contributed by atoms with Crippen molar-refractivity contribution in [3.05, 3.63) is 53.1 Å². The minimum absolute atomic E-state index is 0.0389. The number of aryl methyl sites for hydroxylation is 2. The van der Waals surface area contributed by atoms with Gasteiger partial charge in [0.15, 0.2) is 0 Å². The lowest BCUT2D eigenvalue weighted by atomic mass is 10.00. The summed E-state index contributed by atoms with van der Waals surface area (Å²) >= 11 is 0. The number of rotatable bonds is 4. The van der Waals surface area contributed by atoms with Crippen molar-refractivity contribution in [1.29, 1.82) is 0 Å². The number of benzene rings is 1. The minimum atomic E-state index is -0.0389. The molecule has 1 saturated heterocycles. The molecule has 0 radical (unpaired) electrons. The van der Waals surface area contributed by atoms with E-state index in [0.717, 1.165) is 51.1 Å². The third-order valence-corrected chi connectivity index (χ3v) is 5.66. The molecule has 0 bridgehead atoms. The molecule has 2 aromatic rings. The van der Waals surface area contributed by atoms with Crippen molar-refractivity contribution in [3.63, 3.8) is 0 Å². The van der Waals surface area contributed by atoms with Crippen LogP contribution in [0.4, 0.5) is 0 Å². The molecule has 0 N–H and O–H groups in total. The summed E-state index contributed by atoms with van der Waals surface area (Å²) in [5, 5.41) is 0. The lowest BCUT2D eigenvalue weighted by molar-refractivity contribution is -0.0276. The zero-order valence-corrected chi connectivity index (χ0v) is 16.3. The fraction of sp³-hybridized carbons (Fsp3) is 0.591. The molecule has 140 valence electrons. The maximum Gasteiger partial charge on any atom is 0.142 e. The van der Waals surface area contributed by atoms with Crippen LogP contribution in [0.3, 0.4) is 0 Å². The van der Waals surface area contributed by atoms with E-state index in [1.54, 1.807) is 0 Å². The largest absolute Gasteiger partial charge is 0.362 e. The van der Waals surface area contributed by atoms with E-state index in [2.05, 4.69) is 60.8 Å². The van der Waals surface area contributed by atoms with Gasteiger partial charge in [0.05, 0.1) is 11.8 Å². The molecular formula is C22H31N3O. The van der Waals surface area contributed by atoms with Gasteiger partial charge in [-0.3, -0.25) is 0 Å². The topological polar surface area (TPSA) is 30.3 Å². The summed E-state index contributed by atoms with van der Waals surface area (Å²) in [7, 11) is 2.20. The van der Waals surface area contributed by atoms with E-state index in [4.69, 9.17) is 9.72 Å². The summed E-state index contributed by atoms with van der Waals surface area (Å²) in [6.45, 7) is 7.74. The second-order valence-electron chi connectivity index (χ2n) is 8.35. The second kappa shape index (κ2) is 7.53. The van der Waals surface area contributed by atoms with E-state index in [1.807, 2.05) is 0 Å². The zero-order valence-electron chi connectivity index (χ0n) is 16.3. The number of imidazole rings is 1. The number of hydrogen-bond donors (Lipinski definition) is 0. The molecular weight excluding hydrogens is 322 g/mol. The van der Waals surface area contributed by atoms with Crippen LogP contribution in [0.25, 0.3) is 0 Å². The average Bonchev–Trinajstić information content (AvgIpc) is 2.95. The maximum absolute atomic E-state index is 6.72. The van der Waals surface area contributed by atoms with Crippen LogP contribution in [0, 0.1) is 5.92 Å². The van der Waals surface area contributed by atoms with Crippen molar-refractivity contribution in [2.75, 3.05) is 20.1 Å². The first kappa shape index (κ1) is 17.7. The van der Waals surface area contributed by atoms with E-state index in [9.17, 15) is 0 Å². The van der Waals surface area contributed by atoms with Gasteiger partial charge in [-0.05, 0) is 49.8 Å². The van der Waals surface area contributed by atoms with Gasteiger partial charge in [0, 0.05) is 25.8 Å². The lowest BCUT2D eigenvalue weighted by Gasteiger charge is -2.32. The molecule has 2 aliphatic heterocycles. The summed E-state index contributed by atoms with van der Waals surface area (Å²) in [6, 6.07) is 8.77. The highest BCUT2D eigenvalue weighted by Gasteiger charge is 2.30. The van der Waals surface area contributed by atoms with Crippen LogP contribution in [0.1, 0.15) is 55.4 Å². The Labute approximate surface area is 157 Å². The number of hydrogen-bond acceptors (Lipinski definition) is 3. The quantitative estimate of drug-likeness (QED) is 0.837. The maximum atomic E-state index is 6.72. The van der Waals surface area contributed by atoms with Crippen molar-refractivity contribution in [2.45, 2.75) is 58.3 Å². The lowest BCUT2D eigenvalue weighted by Crippen LogP contribution is -2.35. The van der Waals surface area contributed by atoms with Crippen molar-refractivity contribution >= 4 is 0 Å². The summed E-state index contributed by atoms with van der Waals surface area (Å²) < 4.78 is 9.07. The molecule has 0 amide bonds. The molecule has 3 heterocycles. The summed E-state index contributed by atoms with van der Waals surface area (Å²) in [6.07, 6.45) is 6.83. The first-order valence-electron chi connectivity index (χ1n) is 10.1. The zero-order chi connectivity index (χ0) is 18.1. The fourth-order valence-electron chi connectivity index (χ4n) is 4.24. The van der Waals surface area contributed by atoms with Crippen molar-refractivity contribution in [3.8, 4) is 0 Å². The van der Waals surface area contributed by atoms with E-state index in [1.165, 1.54) is 16.8 Å². The van der Waals surface area contributed by atoms with Crippen LogP contribution in [0.15, 0.2) is 30.5 Å². The van der Waals surface area contributed by atoms with Crippen LogP contribution in [-0.4, -0.2) is 40.7 Å². The minimum Gasteiger partial charge on any atom is -0.362 e. The highest BCUT2D eigenvalue weighted by atomic mass is 16.5. The molecule has 0 saturated carbocycles. The highest BCUT2D eigenvalue weighted by molar-refractivity contribution is 5.35. The first-order chi connectivity index (χ1) is 12.6. The third-order valence-electron chi connectivity index (χ3n) is 5.66. The number of ether oxygens (including phenoxy) is 1. The molecule has 0 aliphatic carbocycles. The van der Waals surface area contributed by atoms with E-state index in [-0.39, 0.29) is 6.10 Å². The number of fused-ring (bicyclic) bond motifs is 2. The van der Waals surface area contributed by atoms with E-state index in [0.29, 0.717) is 12.0 Å². The van der Waals surface area contributed by atoms with Crippen LogP contribution >= 0.6 is 0 Å². The second-order valence-corrected chi connectivity index (χ2v) is 8.35. The van der Waals surface area contributed by atoms with Gasteiger partial charge in [0.1, 0.15) is 11.9 Å². The number of piperidine rings is 1. The van der Waals surface area contributed by atoms with Gasteiger partial charge >= 0.3 is 0 Å². The Hall–Kier alpha value is -1.65. The molecule has 4 heteroatoms. The van der Waals surface area contributed by atoms with Gasteiger partial charge in [-0.15, -0.1) is 0 Å². The van der Waals surface area contributed by atoms with Crippen LogP contribution in [-0.2, 0) is 24.1 Å². The summed E-state index contributed by atoms with van der Waals surface area (Å²) in [4.78, 5) is 7.43. The standard InChI is InChI=1S/C22H31N3O/c1-16(2)14-18-15-25-13-8-17-6-4-5-7-20(17)21(22(25)23-18)26-19-9-11-24(3)12-10-19/h4-7,15-16,19,21H,8-14H2,1-3H3. The van der Waals surface area contributed by atoms with Crippen LogP contribution in [0.5, 0.6) is 0 Å². The Morgan fingerprint density at radius 1 is 1.15 bits per heavy atom. The highest BCUT2D eigenvalue weighted by Crippen LogP contribution is 2.34. The van der Waals surface area contributed by atoms with E-state index >= 15 is 0 Å². The van der Waals surface area contributed by atoms with Crippen molar-refractivity contribution < 1.29 is 4.74 Å². The summed E-state index contributed by atoms with van der Waals surface area (Å²) in [5.74, 6) is 1.72. The molecule has 1 aromatic heterocycles. The van der Waals surface area contributed by atoms with Gasteiger partial charge in [0.25, 0.3) is 0 Å². The Bertz CT molecular complexity index is 744. The fourth-order valence-corrected chi connectivity index (χ4v) is 4.24. The number of aromatic nitrogens is 2. The Balaban J connectivity index is 1.66. The third kappa shape index (κ3) is 3.72. The van der Waals surface area contributed by atoms with Gasteiger partial charge in [-0.25, -0.2) is 4.98 Å². The van der Waals surface area contributed by atoms with Crippen LogP contribution < -0.4 is 0 Å². The number of nitrogens with zero attached hydrogens (tertiary/aromatic N) is 3. The van der Waals surface area contributed by atoms with Gasteiger partial charge in [-0.2, -0.15) is 0 Å². The van der Waals surface area contributed by atoms with E-state index < -0.39 is 0 Å². The van der Waals surface area contributed by atoms with Gasteiger partial charge in [0.2, 0.25) is 0 Å². The molecule has 2 aliphatic rings. The van der Waals surface area contributed by atoms with Gasteiger partial charge < -0.3 is 14.2 Å². The van der Waals surface area contributed by atoms with Crippen LogP contribution in [0.2, 0.25) is 0 Å². The predicted octanol–water partition coefficient (Wildman–Crippen LogP) is 3.84. The molecule has 1 fully saturated rings. The molecule has 1 aromatic carbocycles. The first-order valence-corrected chi connectivity index (χ1v) is 10.1. The van der Waals surface area contributed by atoms with Crippen molar-refractivity contribution in [2.24, 2.45) is 5.92 Å². The monoisotopic (exact) mass is 353 g/mol. The predicted molar refractivity (Wildman–Crippen MR) is 104 cm³/mol. The molecule has 26 heavy (non-hydrogen) atoms. The smallest absolute Gasteiger partial charge is 0.142 e. The summed E-state index contributed by atoms with van der Waals surface area (Å²) in [5.41, 5.74) is 3.92. The Morgan fingerprint density at radius 3 is 2.69 bits per heavy atom. The molecule has 1 unspecified atom stereocenters. The Morgan fingerprint density at radius 2 is 1.92 bits per heavy atom. The van der Waals surface area contributed by atoms with Gasteiger partial charge in [-0.1, -0.05) is 38.1 Å². The molecule has 0 spiro atoms. The normalized spacial score (nSPS) is 21.5. The van der Waals surface area contributed by atoms with Crippen molar-refractivity contribution in [1.82, 2.24) is 14.5 Å². The average molecular weight is 354 g/mol. The SMILES string of the molecule is CC(C)Cc1cn2c(n1)C(OC1CCN(C)CC1)c1ccccc1CC2. The number of likely N-dealkylation sites (tertiary alicyclic amines) is 1. The Kier molecular flexibility index (Phi) is 5.14. The molecule has 1 atom stereocenters.